The minimum atomic E-state index is -3.84. The fraction of sp³-hybridized carbons (Fsp3) is 0.333. The van der Waals surface area contributed by atoms with Gasteiger partial charge in [-0.15, -0.1) is 0 Å². The number of benzene rings is 1. The van der Waals surface area contributed by atoms with Crippen molar-refractivity contribution in [2.45, 2.75) is 25.2 Å². The van der Waals surface area contributed by atoms with E-state index in [0.717, 1.165) is 5.56 Å². The molecule has 1 aromatic carbocycles. The van der Waals surface area contributed by atoms with Crippen LogP contribution in [0, 0.1) is 6.92 Å². The summed E-state index contributed by atoms with van der Waals surface area (Å²) in [7, 11) is -7.59. The molecule has 0 unspecified atom stereocenters. The quantitative estimate of drug-likeness (QED) is 0.523. The van der Waals surface area contributed by atoms with Crippen molar-refractivity contribution in [2.24, 2.45) is 0 Å². The average Bonchev–Trinajstić information content (AvgIpc) is 2.45. The highest BCUT2D eigenvalue weighted by atomic mass is 32.2. The van der Waals surface area contributed by atoms with E-state index >= 15 is 0 Å². The summed E-state index contributed by atoms with van der Waals surface area (Å²) in [6.45, 7) is 3.23. The summed E-state index contributed by atoms with van der Waals surface area (Å²) in [5.74, 6) is 0. The number of hydrogen-bond acceptors (Lipinski definition) is 6. The van der Waals surface area contributed by atoms with Gasteiger partial charge >= 0.3 is 0 Å². The van der Waals surface area contributed by atoms with Gasteiger partial charge in [0.2, 0.25) is 0 Å². The van der Waals surface area contributed by atoms with Crippen LogP contribution in [0.5, 0.6) is 0 Å². The molecule has 0 aliphatic heterocycles. The Bertz CT molecular complexity index is 830. The molecule has 1 aromatic rings. The van der Waals surface area contributed by atoms with Crippen molar-refractivity contribution in [2.75, 3.05) is 13.2 Å². The first-order chi connectivity index (χ1) is 10.7. The van der Waals surface area contributed by atoms with Gasteiger partial charge in [-0.1, -0.05) is 23.8 Å². The molecule has 0 saturated carbocycles. The van der Waals surface area contributed by atoms with Gasteiger partial charge in [0.15, 0.2) is 0 Å². The van der Waals surface area contributed by atoms with Gasteiger partial charge in [-0.2, -0.15) is 16.8 Å². The molecule has 0 bridgehead atoms. The molecule has 1 aliphatic carbocycles. The predicted octanol–water partition coefficient (Wildman–Crippen LogP) is 2.28. The molecule has 0 heterocycles. The topological polar surface area (TPSA) is 86.7 Å². The lowest BCUT2D eigenvalue weighted by Crippen LogP contribution is -2.15. The van der Waals surface area contributed by atoms with Gasteiger partial charge in [0, 0.05) is 0 Å². The predicted molar refractivity (Wildman–Crippen MR) is 85.6 cm³/mol. The van der Waals surface area contributed by atoms with Crippen LogP contribution in [0.1, 0.15) is 18.9 Å². The van der Waals surface area contributed by atoms with E-state index in [9.17, 15) is 16.8 Å². The minimum Gasteiger partial charge on any atom is -0.266 e. The lowest BCUT2D eigenvalue weighted by atomic mass is 10.1. The highest BCUT2D eigenvalue weighted by Crippen LogP contribution is 2.25. The van der Waals surface area contributed by atoms with Crippen molar-refractivity contribution in [3.05, 3.63) is 52.5 Å². The van der Waals surface area contributed by atoms with Crippen LogP contribution in [0.3, 0.4) is 0 Å². The maximum absolute atomic E-state index is 11.9. The molecule has 0 amide bonds. The molecule has 1 aliphatic rings. The summed E-state index contributed by atoms with van der Waals surface area (Å²) >= 11 is 0. The second-order valence-corrected chi connectivity index (χ2v) is 8.30. The molecule has 0 radical (unpaired) electrons. The molecular formula is C15H18O6S2. The third-order valence-electron chi connectivity index (χ3n) is 3.22. The molecule has 23 heavy (non-hydrogen) atoms. The fourth-order valence-electron chi connectivity index (χ4n) is 1.83. The van der Waals surface area contributed by atoms with Gasteiger partial charge in [0.25, 0.3) is 20.2 Å². The Balaban J connectivity index is 1.78. The highest BCUT2D eigenvalue weighted by Gasteiger charge is 2.23. The van der Waals surface area contributed by atoms with E-state index in [1.54, 1.807) is 25.1 Å². The van der Waals surface area contributed by atoms with Crippen LogP contribution in [0.2, 0.25) is 0 Å². The zero-order valence-electron chi connectivity index (χ0n) is 12.9. The van der Waals surface area contributed by atoms with Gasteiger partial charge in [-0.25, -0.2) is 0 Å². The van der Waals surface area contributed by atoms with Crippen molar-refractivity contribution in [3.63, 3.8) is 0 Å². The molecule has 0 saturated heterocycles. The second kappa shape index (κ2) is 6.96. The summed E-state index contributed by atoms with van der Waals surface area (Å²) in [6, 6.07) is 6.27. The lowest BCUT2D eigenvalue weighted by molar-refractivity contribution is 0.255. The zero-order valence-corrected chi connectivity index (χ0v) is 14.5. The highest BCUT2D eigenvalue weighted by molar-refractivity contribution is 7.91. The Morgan fingerprint density at radius 3 is 1.87 bits per heavy atom. The van der Waals surface area contributed by atoms with Crippen molar-refractivity contribution < 1.29 is 25.2 Å². The number of aryl methyl sites for hydroxylation is 1. The normalized spacial score (nSPS) is 14.9. The van der Waals surface area contributed by atoms with Gasteiger partial charge < -0.3 is 0 Å². The Morgan fingerprint density at radius 2 is 1.39 bits per heavy atom. The van der Waals surface area contributed by atoms with Gasteiger partial charge in [-0.3, -0.25) is 8.37 Å². The molecule has 2 rings (SSSR count). The molecule has 0 atom stereocenters. The smallest absolute Gasteiger partial charge is 0.266 e. The van der Waals surface area contributed by atoms with Crippen LogP contribution in [0.25, 0.3) is 0 Å². The van der Waals surface area contributed by atoms with Crippen LogP contribution in [0.4, 0.5) is 0 Å². The monoisotopic (exact) mass is 358 g/mol. The van der Waals surface area contributed by atoms with Gasteiger partial charge in [0.1, 0.15) is 0 Å². The molecule has 6 nitrogen and oxygen atoms in total. The largest absolute Gasteiger partial charge is 0.297 e. The van der Waals surface area contributed by atoms with E-state index in [2.05, 4.69) is 0 Å². The van der Waals surface area contributed by atoms with E-state index in [0.29, 0.717) is 5.57 Å². The van der Waals surface area contributed by atoms with E-state index in [-0.39, 0.29) is 29.4 Å². The number of allylic oxidation sites excluding steroid dienone is 3. The SMILES string of the molecule is CC1=CC=C1S(=O)(=O)OCCCOS(=O)(=O)c1ccc(C)cc1. The second-order valence-electron chi connectivity index (χ2n) is 5.10. The van der Waals surface area contributed by atoms with E-state index < -0.39 is 20.2 Å². The molecule has 0 aromatic heterocycles. The molecule has 0 N–H and O–H groups in total. The molecular weight excluding hydrogens is 340 g/mol. The van der Waals surface area contributed by atoms with Crippen molar-refractivity contribution >= 4 is 20.2 Å². The minimum absolute atomic E-state index is 0.0667. The maximum Gasteiger partial charge on any atom is 0.297 e. The molecule has 8 heteroatoms. The Kier molecular flexibility index (Phi) is 5.41. The Labute approximate surface area is 136 Å². The van der Waals surface area contributed by atoms with Crippen molar-refractivity contribution in [1.82, 2.24) is 0 Å². The number of hydrogen-bond donors (Lipinski definition) is 0. The third kappa shape index (κ3) is 4.51. The maximum atomic E-state index is 11.9. The molecule has 126 valence electrons. The average molecular weight is 358 g/mol. The summed E-state index contributed by atoms with van der Waals surface area (Å²) in [4.78, 5) is 0.225. The van der Waals surface area contributed by atoms with Crippen molar-refractivity contribution in [1.29, 1.82) is 0 Å². The standard InChI is InChI=1S/C15H18O6S2/c1-12-4-7-14(8-5-12)22(16,17)20-10-3-11-21-23(18,19)15-9-6-13(15)2/h4-9H,3,10-11H2,1-2H3. The van der Waals surface area contributed by atoms with Gasteiger partial charge in [0.05, 0.1) is 23.0 Å². The van der Waals surface area contributed by atoms with Crippen LogP contribution < -0.4 is 0 Å². The first-order valence-electron chi connectivity index (χ1n) is 6.97. The summed E-state index contributed by atoms with van der Waals surface area (Å²) in [5, 5.41) is 0. The third-order valence-corrected chi connectivity index (χ3v) is 6.02. The summed E-state index contributed by atoms with van der Waals surface area (Å²) in [6.07, 6.45) is 3.27. The summed E-state index contributed by atoms with van der Waals surface area (Å²) in [5.41, 5.74) is 1.58. The number of rotatable bonds is 8. The lowest BCUT2D eigenvalue weighted by Gasteiger charge is -2.14. The van der Waals surface area contributed by atoms with Crippen LogP contribution in [-0.2, 0) is 28.6 Å². The fourth-order valence-corrected chi connectivity index (χ4v) is 3.94. The first-order valence-corrected chi connectivity index (χ1v) is 9.78. The zero-order chi connectivity index (χ0) is 17.1. The van der Waals surface area contributed by atoms with E-state index in [4.69, 9.17) is 8.37 Å². The first kappa shape index (κ1) is 17.9. The van der Waals surface area contributed by atoms with E-state index in [1.165, 1.54) is 18.2 Å². The Morgan fingerprint density at radius 1 is 0.826 bits per heavy atom. The van der Waals surface area contributed by atoms with Crippen LogP contribution in [-0.4, -0.2) is 30.0 Å². The van der Waals surface area contributed by atoms with Crippen LogP contribution in [0.15, 0.2) is 51.8 Å². The van der Waals surface area contributed by atoms with Gasteiger partial charge in [-0.05, 0) is 44.1 Å². The molecule has 0 spiro atoms. The molecule has 0 fully saturated rings. The van der Waals surface area contributed by atoms with Crippen molar-refractivity contribution in [3.8, 4) is 0 Å². The van der Waals surface area contributed by atoms with E-state index in [1.807, 2.05) is 6.92 Å². The van der Waals surface area contributed by atoms with Crippen LogP contribution >= 0.6 is 0 Å². The Hall–Kier alpha value is -1.48. The summed E-state index contributed by atoms with van der Waals surface area (Å²) < 4.78 is 57.0.